The Morgan fingerprint density at radius 1 is 0.938 bits per heavy atom. The fraction of sp³-hybridized carbons (Fsp3) is 0.647. The van der Waals surface area contributed by atoms with Crippen molar-refractivity contribution in [2.45, 2.75) is 102 Å². The van der Waals surface area contributed by atoms with Crippen LogP contribution in [0.4, 0.5) is 0 Å². The maximum absolute atomic E-state index is 14.8. The van der Waals surface area contributed by atoms with Gasteiger partial charge in [-0.1, -0.05) is 56.4 Å². The lowest BCUT2D eigenvalue weighted by Gasteiger charge is -2.42. The predicted octanol–water partition coefficient (Wildman–Crippen LogP) is 1.23. The molecule has 8 N–H and O–H groups in total. The van der Waals surface area contributed by atoms with Gasteiger partial charge in [-0.2, -0.15) is 11.8 Å². The third kappa shape index (κ3) is 9.86. The summed E-state index contributed by atoms with van der Waals surface area (Å²) in [5.41, 5.74) is 13.2. The molecule has 264 valence electrons. The van der Waals surface area contributed by atoms with Crippen molar-refractivity contribution in [3.8, 4) is 0 Å². The third-order valence-corrected chi connectivity index (χ3v) is 10.7. The monoisotopic (exact) mass is 684 g/mol. The van der Waals surface area contributed by atoms with E-state index in [9.17, 15) is 24.0 Å². The van der Waals surface area contributed by atoms with Crippen molar-refractivity contribution in [2.24, 2.45) is 23.3 Å². The van der Waals surface area contributed by atoms with E-state index in [1.165, 1.54) is 23.6 Å². The molecule has 3 aliphatic rings. The largest absolute Gasteiger partial charge is 0.370 e. The lowest BCUT2D eigenvalue weighted by atomic mass is 9.84. The van der Waals surface area contributed by atoms with Gasteiger partial charge in [-0.3, -0.25) is 29.4 Å². The maximum atomic E-state index is 14.8. The molecule has 2 aliphatic heterocycles. The van der Waals surface area contributed by atoms with E-state index in [1.54, 1.807) is 4.90 Å². The number of hydrogen-bond donors (Lipinski definition) is 6. The highest BCUT2D eigenvalue weighted by atomic mass is 32.2. The van der Waals surface area contributed by atoms with Crippen LogP contribution in [0.15, 0.2) is 24.3 Å². The highest BCUT2D eigenvalue weighted by Crippen LogP contribution is 2.30. The van der Waals surface area contributed by atoms with Crippen LogP contribution in [0.25, 0.3) is 0 Å². The Labute approximate surface area is 287 Å². The number of primary amides is 1. The topological polar surface area (TPSA) is 204 Å². The second-order valence-corrected chi connectivity index (χ2v) is 14.4. The number of nitrogens with two attached hydrogens (primary N) is 2. The summed E-state index contributed by atoms with van der Waals surface area (Å²) in [6, 6.07) is 4.01. The summed E-state index contributed by atoms with van der Waals surface area (Å²) in [5, 5.41) is 16.5. The first kappa shape index (κ1) is 37.0. The van der Waals surface area contributed by atoms with E-state index >= 15 is 0 Å². The lowest BCUT2D eigenvalue weighted by Crippen LogP contribution is -2.63. The van der Waals surface area contributed by atoms with Gasteiger partial charge < -0.3 is 37.2 Å². The minimum absolute atomic E-state index is 0.0478. The first-order valence-electron chi connectivity index (χ1n) is 17.1. The molecule has 0 bridgehead atoms. The summed E-state index contributed by atoms with van der Waals surface area (Å²) in [4.78, 5) is 70.4. The van der Waals surface area contributed by atoms with Crippen LogP contribution < -0.4 is 27.4 Å². The molecular formula is C34H52N8O5S. The van der Waals surface area contributed by atoms with E-state index in [-0.39, 0.29) is 30.8 Å². The molecule has 1 aliphatic carbocycles. The number of amides is 5. The number of benzene rings is 1. The van der Waals surface area contributed by atoms with Gasteiger partial charge in [-0.15, -0.1) is 0 Å². The average molecular weight is 685 g/mol. The molecular weight excluding hydrogens is 632 g/mol. The van der Waals surface area contributed by atoms with Crippen molar-refractivity contribution in [3.05, 3.63) is 35.4 Å². The Bertz CT molecular complexity index is 1330. The van der Waals surface area contributed by atoms with Crippen LogP contribution in [0.3, 0.4) is 0 Å². The number of nitrogens with zero attached hydrogens (tertiary/aromatic N) is 2. The van der Waals surface area contributed by atoms with Crippen molar-refractivity contribution < 1.29 is 24.0 Å². The van der Waals surface area contributed by atoms with Gasteiger partial charge in [0.2, 0.25) is 29.5 Å². The molecule has 1 saturated carbocycles. The van der Waals surface area contributed by atoms with Crippen LogP contribution in [-0.4, -0.2) is 94.6 Å². The van der Waals surface area contributed by atoms with Crippen molar-refractivity contribution in [1.29, 1.82) is 5.41 Å². The predicted molar refractivity (Wildman–Crippen MR) is 186 cm³/mol. The second-order valence-electron chi connectivity index (χ2n) is 13.4. The molecule has 0 unspecified atom stereocenters. The van der Waals surface area contributed by atoms with Crippen molar-refractivity contribution in [3.63, 3.8) is 0 Å². The minimum Gasteiger partial charge on any atom is -0.370 e. The fourth-order valence-electron chi connectivity index (χ4n) is 7.30. The van der Waals surface area contributed by atoms with E-state index in [2.05, 4.69) is 16.0 Å². The molecule has 2 heterocycles. The molecule has 1 aromatic carbocycles. The molecule has 0 radical (unpaired) electrons. The Morgan fingerprint density at radius 3 is 2.21 bits per heavy atom. The number of nitrogens with one attached hydrogen (secondary N) is 4. The Morgan fingerprint density at radius 2 is 1.60 bits per heavy atom. The molecule has 5 amide bonds. The number of fused-ring (bicyclic) bond motifs is 1. The van der Waals surface area contributed by atoms with Crippen LogP contribution in [-0.2, 0) is 36.9 Å². The van der Waals surface area contributed by atoms with Gasteiger partial charge in [0, 0.05) is 33.0 Å². The number of carbonyl (C=O) groups is 5. The van der Waals surface area contributed by atoms with Crippen LogP contribution >= 0.6 is 11.8 Å². The number of piperidine rings is 1. The van der Waals surface area contributed by atoms with Crippen LogP contribution in [0.1, 0.15) is 75.8 Å². The number of guanidine groups is 1. The molecule has 0 aromatic heterocycles. The summed E-state index contributed by atoms with van der Waals surface area (Å²) in [6.45, 7) is 2.42. The average Bonchev–Trinajstić information content (AvgIpc) is 3.07. The number of hydrogen-bond acceptors (Lipinski definition) is 7. The summed E-state index contributed by atoms with van der Waals surface area (Å²) >= 11 is 1.54. The van der Waals surface area contributed by atoms with Crippen LogP contribution in [0.2, 0.25) is 0 Å². The molecule has 1 saturated heterocycles. The molecule has 4 rings (SSSR count). The van der Waals surface area contributed by atoms with E-state index in [0.29, 0.717) is 50.4 Å². The van der Waals surface area contributed by atoms with E-state index in [0.717, 1.165) is 43.2 Å². The molecule has 1 aromatic rings. The summed E-state index contributed by atoms with van der Waals surface area (Å²) < 4.78 is 0. The van der Waals surface area contributed by atoms with Gasteiger partial charge in [0.05, 0.1) is 0 Å². The van der Waals surface area contributed by atoms with E-state index in [1.807, 2.05) is 30.5 Å². The number of thioether (sulfide) groups is 1. The van der Waals surface area contributed by atoms with Gasteiger partial charge in [0.1, 0.15) is 24.2 Å². The maximum Gasteiger partial charge on any atom is 0.246 e. The molecule has 14 heteroatoms. The Hall–Kier alpha value is -3.81. The van der Waals surface area contributed by atoms with Gasteiger partial charge >= 0.3 is 0 Å². The first-order valence-corrected chi connectivity index (χ1v) is 18.5. The van der Waals surface area contributed by atoms with E-state index < -0.39 is 47.8 Å². The number of rotatable bonds is 13. The zero-order chi connectivity index (χ0) is 34.8. The van der Waals surface area contributed by atoms with Crippen LogP contribution in [0, 0.1) is 17.2 Å². The summed E-state index contributed by atoms with van der Waals surface area (Å²) in [7, 11) is 0. The van der Waals surface area contributed by atoms with E-state index in [4.69, 9.17) is 16.9 Å². The quantitative estimate of drug-likeness (QED) is 0.131. The third-order valence-electron chi connectivity index (χ3n) is 10.0. The van der Waals surface area contributed by atoms with Gasteiger partial charge in [0.25, 0.3) is 0 Å². The lowest BCUT2D eigenvalue weighted by molar-refractivity contribution is -0.147. The van der Waals surface area contributed by atoms with Crippen molar-refractivity contribution in [1.82, 2.24) is 25.8 Å². The van der Waals surface area contributed by atoms with Gasteiger partial charge in [-0.25, -0.2) is 0 Å². The normalized spacial score (nSPS) is 20.5. The number of carbonyl (C=O) groups excluding carboxylic acids is 5. The zero-order valence-corrected chi connectivity index (χ0v) is 29.0. The van der Waals surface area contributed by atoms with Gasteiger partial charge in [-0.05, 0) is 60.7 Å². The number of likely N-dealkylation sites (tertiary alicyclic amines) is 1. The molecule has 4 atom stereocenters. The standard InChI is InChI=1S/C34H52N8O5S/c1-21(43)38-27(18-22-8-4-3-5-9-22)31(45)40-29(23-12-15-41(16-13-23)34(36)37)33(47)42-20-25-11-7-6-10-24(25)19-28(42)32(46)39-26(30(35)44)14-17-48-2/h6-7,10-11,22-23,26-29H,3-5,8-9,12-20H2,1-2H3,(H2,35,44)(H3,36,37)(H,38,43)(H,39,46)(H,40,45)/t26-,27-,28-,29-/m0/s1. The highest BCUT2D eigenvalue weighted by Gasteiger charge is 2.43. The van der Waals surface area contributed by atoms with Crippen LogP contribution in [0.5, 0.6) is 0 Å². The molecule has 13 nitrogen and oxygen atoms in total. The smallest absolute Gasteiger partial charge is 0.246 e. The SMILES string of the molecule is CSCC[C@H](NC(=O)[C@@H]1Cc2ccccc2CN1C(=O)[C@@H](NC(=O)[C@H](CC1CCCCC1)NC(C)=O)C1CCN(C(=N)N)CC1)C(N)=O. The molecule has 2 fully saturated rings. The molecule has 0 spiro atoms. The minimum atomic E-state index is -0.988. The summed E-state index contributed by atoms with van der Waals surface area (Å²) in [6.07, 6.45) is 9.28. The van der Waals surface area contributed by atoms with Gasteiger partial charge in [0.15, 0.2) is 5.96 Å². The second kappa shape index (κ2) is 17.5. The summed E-state index contributed by atoms with van der Waals surface area (Å²) in [5.74, 6) is -1.70. The Kier molecular flexibility index (Phi) is 13.5. The highest BCUT2D eigenvalue weighted by molar-refractivity contribution is 7.98. The van der Waals surface area contributed by atoms with Crippen molar-refractivity contribution >= 4 is 47.3 Å². The zero-order valence-electron chi connectivity index (χ0n) is 28.2. The Balaban J connectivity index is 1.64. The fourth-order valence-corrected chi connectivity index (χ4v) is 7.77. The molecule has 48 heavy (non-hydrogen) atoms. The first-order chi connectivity index (χ1) is 23.0. The van der Waals surface area contributed by atoms with Crippen molar-refractivity contribution in [2.75, 3.05) is 25.1 Å².